The van der Waals surface area contributed by atoms with Gasteiger partial charge in [0.1, 0.15) is 6.04 Å². The standard InChI is InChI=1S/C27H26ClN3O6S/c1-15-13-23(16(2)12-20(15)28)38(35,36)31-22-7-5-4-6-21(22)30-26(33)24(31)19(25(29)32)14-17-8-10-18(11-9-17)27(34)37-3/h4-13,19,24H,14H2,1-3H3,(H2,29,32)(H,30,33). The van der Waals surface area contributed by atoms with Crippen molar-refractivity contribution in [2.45, 2.75) is 31.2 Å². The summed E-state index contributed by atoms with van der Waals surface area (Å²) in [6.07, 6.45) is -0.0539. The Morgan fingerprint density at radius 2 is 1.74 bits per heavy atom. The van der Waals surface area contributed by atoms with Gasteiger partial charge in [0.2, 0.25) is 11.8 Å². The summed E-state index contributed by atoms with van der Waals surface area (Å²) in [5, 5.41) is 3.12. The molecule has 38 heavy (non-hydrogen) atoms. The van der Waals surface area contributed by atoms with Gasteiger partial charge in [0, 0.05) is 5.02 Å². The first-order valence-electron chi connectivity index (χ1n) is 11.6. The number of nitrogens with one attached hydrogen (secondary N) is 1. The maximum Gasteiger partial charge on any atom is 0.337 e. The first-order chi connectivity index (χ1) is 17.9. The van der Waals surface area contributed by atoms with E-state index in [4.69, 9.17) is 22.1 Å². The number of hydrogen-bond donors (Lipinski definition) is 2. The second kappa shape index (κ2) is 10.5. The fraction of sp³-hybridized carbons (Fsp3) is 0.222. The van der Waals surface area contributed by atoms with Crippen molar-refractivity contribution in [2.24, 2.45) is 11.7 Å². The Hall–Kier alpha value is -3.89. The fourth-order valence-electron chi connectivity index (χ4n) is 4.51. The molecule has 3 N–H and O–H groups in total. The van der Waals surface area contributed by atoms with E-state index in [0.29, 0.717) is 27.3 Å². The van der Waals surface area contributed by atoms with Gasteiger partial charge in [-0.05, 0) is 73.4 Å². The van der Waals surface area contributed by atoms with E-state index < -0.39 is 39.8 Å². The van der Waals surface area contributed by atoms with E-state index in [1.165, 1.54) is 25.3 Å². The summed E-state index contributed by atoms with van der Waals surface area (Å²) in [6.45, 7) is 3.29. The van der Waals surface area contributed by atoms with Gasteiger partial charge in [0.15, 0.2) is 0 Å². The molecule has 2 unspecified atom stereocenters. The first kappa shape index (κ1) is 27.2. The third-order valence-electron chi connectivity index (χ3n) is 6.49. The monoisotopic (exact) mass is 555 g/mol. The summed E-state index contributed by atoms with van der Waals surface area (Å²) < 4.78 is 34.1. The molecule has 0 saturated heterocycles. The van der Waals surface area contributed by atoms with Gasteiger partial charge >= 0.3 is 5.97 Å². The van der Waals surface area contributed by atoms with E-state index in [0.717, 1.165) is 4.31 Å². The van der Waals surface area contributed by atoms with Crippen molar-refractivity contribution in [1.82, 2.24) is 0 Å². The van der Waals surface area contributed by atoms with Crippen molar-refractivity contribution < 1.29 is 27.5 Å². The van der Waals surface area contributed by atoms with Crippen LogP contribution in [-0.2, 0) is 30.8 Å². The molecule has 3 aromatic carbocycles. The zero-order valence-electron chi connectivity index (χ0n) is 20.9. The van der Waals surface area contributed by atoms with E-state index in [1.807, 2.05) is 0 Å². The number of esters is 1. The number of para-hydroxylation sites is 2. The third-order valence-corrected chi connectivity index (χ3v) is 8.84. The fourth-order valence-corrected chi connectivity index (χ4v) is 6.70. The van der Waals surface area contributed by atoms with Crippen LogP contribution in [0.1, 0.15) is 27.0 Å². The highest BCUT2D eigenvalue weighted by Gasteiger charge is 2.47. The van der Waals surface area contributed by atoms with Crippen LogP contribution in [0, 0.1) is 19.8 Å². The number of nitrogens with two attached hydrogens (primary N) is 1. The Labute approximate surface area is 225 Å². The lowest BCUT2D eigenvalue weighted by molar-refractivity contribution is -0.127. The molecule has 1 aliphatic rings. The summed E-state index contributed by atoms with van der Waals surface area (Å²) in [6, 6.07) is 14.2. The summed E-state index contributed by atoms with van der Waals surface area (Å²) in [5.41, 5.74) is 8.07. The largest absolute Gasteiger partial charge is 0.465 e. The summed E-state index contributed by atoms with van der Waals surface area (Å²) in [7, 11) is -3.11. The Morgan fingerprint density at radius 3 is 2.37 bits per heavy atom. The van der Waals surface area contributed by atoms with Crippen LogP contribution >= 0.6 is 11.6 Å². The van der Waals surface area contributed by atoms with E-state index in [-0.39, 0.29) is 22.7 Å². The quantitative estimate of drug-likeness (QED) is 0.427. The summed E-state index contributed by atoms with van der Waals surface area (Å²) >= 11 is 6.21. The maximum atomic E-state index is 14.2. The van der Waals surface area contributed by atoms with Crippen LogP contribution in [0.5, 0.6) is 0 Å². The van der Waals surface area contributed by atoms with Crippen LogP contribution in [0.3, 0.4) is 0 Å². The number of carbonyl (C=O) groups is 3. The molecule has 0 radical (unpaired) electrons. The van der Waals surface area contributed by atoms with Gasteiger partial charge in [-0.1, -0.05) is 35.9 Å². The molecule has 3 aromatic rings. The van der Waals surface area contributed by atoms with E-state index in [2.05, 4.69) is 5.32 Å². The summed E-state index contributed by atoms with van der Waals surface area (Å²) in [4.78, 5) is 38.0. The number of rotatable bonds is 7. The molecule has 4 rings (SSSR count). The molecule has 1 aliphatic heterocycles. The highest BCUT2D eigenvalue weighted by Crippen LogP contribution is 2.40. The molecule has 0 aromatic heterocycles. The lowest BCUT2D eigenvalue weighted by atomic mass is 9.89. The molecule has 2 amide bonds. The Balaban J connectivity index is 1.85. The minimum absolute atomic E-state index is 0.0421. The molecule has 1 heterocycles. The van der Waals surface area contributed by atoms with Crippen LogP contribution in [0.25, 0.3) is 0 Å². The number of ether oxygens (including phenoxy) is 1. The van der Waals surface area contributed by atoms with Gasteiger partial charge in [-0.2, -0.15) is 0 Å². The molecule has 0 aliphatic carbocycles. The van der Waals surface area contributed by atoms with Crippen LogP contribution in [0.15, 0.2) is 65.6 Å². The number of benzene rings is 3. The summed E-state index contributed by atoms with van der Waals surface area (Å²) in [5.74, 6) is -3.32. The average Bonchev–Trinajstić information content (AvgIpc) is 2.88. The number of aryl methyl sites for hydroxylation is 2. The zero-order valence-corrected chi connectivity index (χ0v) is 22.5. The van der Waals surface area contributed by atoms with Crippen molar-refractivity contribution in [1.29, 1.82) is 0 Å². The van der Waals surface area contributed by atoms with Crippen molar-refractivity contribution >= 4 is 50.8 Å². The van der Waals surface area contributed by atoms with E-state index in [1.54, 1.807) is 56.3 Å². The molecule has 0 saturated carbocycles. The number of methoxy groups -OCH3 is 1. The van der Waals surface area contributed by atoms with Gasteiger partial charge in [-0.3, -0.25) is 13.9 Å². The molecule has 2 atom stereocenters. The highest BCUT2D eigenvalue weighted by molar-refractivity contribution is 7.93. The number of anilines is 2. The van der Waals surface area contributed by atoms with Gasteiger partial charge in [0.25, 0.3) is 10.0 Å². The lowest BCUT2D eigenvalue weighted by Gasteiger charge is -2.40. The third kappa shape index (κ3) is 4.97. The highest BCUT2D eigenvalue weighted by atomic mass is 35.5. The molecule has 0 bridgehead atoms. The lowest BCUT2D eigenvalue weighted by Crippen LogP contribution is -2.57. The van der Waals surface area contributed by atoms with Gasteiger partial charge < -0.3 is 15.8 Å². The van der Waals surface area contributed by atoms with Crippen molar-refractivity contribution in [3.05, 3.63) is 87.9 Å². The minimum Gasteiger partial charge on any atom is -0.465 e. The van der Waals surface area contributed by atoms with Gasteiger partial charge in [-0.15, -0.1) is 0 Å². The van der Waals surface area contributed by atoms with Crippen molar-refractivity contribution in [2.75, 3.05) is 16.7 Å². The second-order valence-corrected chi connectivity index (χ2v) is 11.2. The number of primary amides is 1. The SMILES string of the molecule is COC(=O)c1ccc(CC(C(N)=O)C2C(=O)Nc3ccccc3N2S(=O)(=O)c2cc(C)c(Cl)cc2C)cc1. The Bertz CT molecular complexity index is 1540. The maximum absolute atomic E-state index is 14.2. The topological polar surface area (TPSA) is 136 Å². The Morgan fingerprint density at radius 1 is 1.08 bits per heavy atom. The molecule has 0 spiro atoms. The van der Waals surface area contributed by atoms with Gasteiger partial charge in [0.05, 0.1) is 34.9 Å². The molecule has 198 valence electrons. The molecule has 9 nitrogen and oxygen atoms in total. The van der Waals surface area contributed by atoms with E-state index >= 15 is 0 Å². The van der Waals surface area contributed by atoms with Crippen molar-refractivity contribution in [3.8, 4) is 0 Å². The normalized spacial score (nSPS) is 15.8. The van der Waals surface area contributed by atoms with Crippen LogP contribution in [0.2, 0.25) is 5.02 Å². The van der Waals surface area contributed by atoms with Crippen molar-refractivity contribution in [3.63, 3.8) is 0 Å². The second-order valence-electron chi connectivity index (χ2n) is 9.02. The van der Waals surface area contributed by atoms with Crippen LogP contribution in [0.4, 0.5) is 11.4 Å². The number of carbonyl (C=O) groups excluding carboxylic acids is 3. The molecular formula is C27H26ClN3O6S. The number of sulfonamides is 1. The van der Waals surface area contributed by atoms with E-state index in [9.17, 15) is 22.8 Å². The molecule has 11 heteroatoms. The molecule has 0 fully saturated rings. The van der Waals surface area contributed by atoms with Crippen LogP contribution < -0.4 is 15.4 Å². The predicted octanol–water partition coefficient (Wildman–Crippen LogP) is 3.60. The minimum atomic E-state index is -4.37. The predicted molar refractivity (Wildman–Crippen MR) is 144 cm³/mol. The number of amides is 2. The van der Waals surface area contributed by atoms with Gasteiger partial charge in [-0.25, -0.2) is 13.2 Å². The number of hydrogen-bond acceptors (Lipinski definition) is 6. The van der Waals surface area contributed by atoms with Crippen LogP contribution in [-0.4, -0.2) is 39.4 Å². The molecular weight excluding hydrogens is 530 g/mol. The average molecular weight is 556 g/mol. The smallest absolute Gasteiger partial charge is 0.337 e. The number of nitrogens with zero attached hydrogens (tertiary/aromatic N) is 1. The number of halogens is 1. The first-order valence-corrected chi connectivity index (χ1v) is 13.4. The Kier molecular flexibility index (Phi) is 7.48. The zero-order chi connectivity index (χ0) is 27.8. The number of fused-ring (bicyclic) bond motifs is 1.